The zero-order valence-corrected chi connectivity index (χ0v) is 12.2. The van der Waals surface area contributed by atoms with Gasteiger partial charge in [-0.15, -0.1) is 0 Å². The monoisotopic (exact) mass is 312 g/mol. The van der Waals surface area contributed by atoms with Crippen molar-refractivity contribution < 1.29 is 14.0 Å². The van der Waals surface area contributed by atoms with Crippen LogP contribution in [-0.4, -0.2) is 21.8 Å². The first-order valence-corrected chi connectivity index (χ1v) is 6.86. The van der Waals surface area contributed by atoms with Crippen LogP contribution in [0.5, 0.6) is 0 Å². The predicted molar refractivity (Wildman–Crippen MR) is 84.8 cm³/mol. The zero-order chi connectivity index (χ0) is 16.4. The lowest BCUT2D eigenvalue weighted by Gasteiger charge is -2.07. The molecule has 3 rings (SSSR count). The summed E-state index contributed by atoms with van der Waals surface area (Å²) >= 11 is 0. The molecule has 0 aliphatic carbocycles. The van der Waals surface area contributed by atoms with Crippen LogP contribution in [0.3, 0.4) is 0 Å². The van der Waals surface area contributed by atoms with E-state index in [9.17, 15) is 14.0 Å². The molecule has 0 saturated heterocycles. The molecule has 2 aromatic carbocycles. The van der Waals surface area contributed by atoms with Gasteiger partial charge in [0.05, 0.1) is 16.6 Å². The summed E-state index contributed by atoms with van der Waals surface area (Å²) in [6.45, 7) is 1.33. The highest BCUT2D eigenvalue weighted by Gasteiger charge is 2.15. The molecule has 3 N–H and O–H groups in total. The number of benzene rings is 2. The number of H-pyrrole nitrogens is 1. The van der Waals surface area contributed by atoms with Gasteiger partial charge in [-0.2, -0.15) is 0 Å². The third-order valence-corrected chi connectivity index (χ3v) is 3.15. The van der Waals surface area contributed by atoms with Gasteiger partial charge in [-0.3, -0.25) is 14.9 Å². The Labute approximate surface area is 130 Å². The fraction of sp³-hybridized carbons (Fsp3) is 0.0625. The maximum absolute atomic E-state index is 13.9. The van der Waals surface area contributed by atoms with E-state index in [0.29, 0.717) is 11.2 Å². The van der Waals surface area contributed by atoms with Crippen molar-refractivity contribution in [2.75, 3.05) is 10.6 Å². The van der Waals surface area contributed by atoms with Crippen molar-refractivity contribution in [2.45, 2.75) is 6.92 Å². The average molecular weight is 312 g/mol. The van der Waals surface area contributed by atoms with Crippen molar-refractivity contribution >= 4 is 34.5 Å². The fourth-order valence-corrected chi connectivity index (χ4v) is 2.17. The zero-order valence-electron chi connectivity index (χ0n) is 12.2. The van der Waals surface area contributed by atoms with Crippen LogP contribution in [0, 0.1) is 5.82 Å². The van der Waals surface area contributed by atoms with E-state index in [-0.39, 0.29) is 17.4 Å². The number of rotatable bonds is 3. The molecule has 1 aromatic heterocycles. The Hall–Kier alpha value is -3.22. The molecular formula is C16H13FN4O2. The predicted octanol–water partition coefficient (Wildman–Crippen LogP) is 2.91. The maximum Gasteiger partial charge on any atom is 0.261 e. The number of halogens is 1. The third kappa shape index (κ3) is 3.18. The number of aromatic nitrogens is 2. The normalized spacial score (nSPS) is 10.5. The average Bonchev–Trinajstić information content (AvgIpc) is 2.90. The Morgan fingerprint density at radius 1 is 1.13 bits per heavy atom. The standard InChI is InChI=1S/C16H13FN4O2/c1-9(22)18-10-6-7-12(17)11(8-10)15(23)21-16-19-13-4-2-3-5-14(13)20-16/h2-8H,1H3,(H,18,22)(H2,19,20,21,23). The number of carbonyl (C=O) groups excluding carboxylic acids is 2. The summed E-state index contributed by atoms with van der Waals surface area (Å²) in [4.78, 5) is 30.4. The van der Waals surface area contributed by atoms with Gasteiger partial charge < -0.3 is 10.3 Å². The van der Waals surface area contributed by atoms with Crippen molar-refractivity contribution in [2.24, 2.45) is 0 Å². The molecule has 0 atom stereocenters. The Morgan fingerprint density at radius 3 is 2.65 bits per heavy atom. The van der Waals surface area contributed by atoms with Crippen LogP contribution in [0.15, 0.2) is 42.5 Å². The van der Waals surface area contributed by atoms with Gasteiger partial charge in [0.1, 0.15) is 5.82 Å². The van der Waals surface area contributed by atoms with E-state index in [1.54, 1.807) is 6.07 Å². The number of carbonyl (C=O) groups is 2. The number of hydrogen-bond donors (Lipinski definition) is 3. The van der Waals surface area contributed by atoms with Gasteiger partial charge in [0.25, 0.3) is 5.91 Å². The van der Waals surface area contributed by atoms with E-state index in [2.05, 4.69) is 20.6 Å². The maximum atomic E-state index is 13.9. The van der Waals surface area contributed by atoms with E-state index in [0.717, 1.165) is 11.6 Å². The van der Waals surface area contributed by atoms with Crippen molar-refractivity contribution in [1.29, 1.82) is 0 Å². The number of fused-ring (bicyclic) bond motifs is 1. The molecule has 3 aromatic rings. The molecule has 7 heteroatoms. The minimum atomic E-state index is -0.687. The van der Waals surface area contributed by atoms with E-state index >= 15 is 0 Å². The number of amides is 2. The second kappa shape index (κ2) is 5.88. The second-order valence-electron chi connectivity index (χ2n) is 4.93. The molecule has 0 bridgehead atoms. The summed E-state index contributed by atoms with van der Waals surface area (Å²) in [7, 11) is 0. The Balaban J connectivity index is 1.86. The van der Waals surface area contributed by atoms with Crippen LogP contribution in [0.2, 0.25) is 0 Å². The number of anilines is 2. The molecule has 2 amide bonds. The molecule has 0 saturated carbocycles. The SMILES string of the molecule is CC(=O)Nc1ccc(F)c(C(=O)Nc2nc3ccccc3[nH]2)c1. The topological polar surface area (TPSA) is 86.9 Å². The molecule has 116 valence electrons. The molecule has 23 heavy (non-hydrogen) atoms. The number of para-hydroxylation sites is 2. The van der Waals surface area contributed by atoms with Crippen LogP contribution in [0.1, 0.15) is 17.3 Å². The molecule has 0 aliphatic rings. The first-order chi connectivity index (χ1) is 11.0. The quantitative estimate of drug-likeness (QED) is 0.695. The summed E-state index contributed by atoms with van der Waals surface area (Å²) in [6, 6.07) is 11.0. The van der Waals surface area contributed by atoms with Gasteiger partial charge in [-0.05, 0) is 30.3 Å². The smallest absolute Gasteiger partial charge is 0.261 e. The van der Waals surface area contributed by atoms with Crippen LogP contribution in [-0.2, 0) is 4.79 Å². The van der Waals surface area contributed by atoms with Crippen LogP contribution in [0.25, 0.3) is 11.0 Å². The molecule has 6 nitrogen and oxygen atoms in total. The van der Waals surface area contributed by atoms with Crippen LogP contribution >= 0.6 is 0 Å². The van der Waals surface area contributed by atoms with E-state index in [1.807, 2.05) is 18.2 Å². The van der Waals surface area contributed by atoms with Gasteiger partial charge in [0.15, 0.2) is 0 Å². The Morgan fingerprint density at radius 2 is 1.91 bits per heavy atom. The highest BCUT2D eigenvalue weighted by atomic mass is 19.1. The van der Waals surface area contributed by atoms with E-state index in [1.165, 1.54) is 19.1 Å². The van der Waals surface area contributed by atoms with Crippen molar-refractivity contribution in [3.8, 4) is 0 Å². The van der Waals surface area contributed by atoms with Gasteiger partial charge in [0, 0.05) is 12.6 Å². The summed E-state index contributed by atoms with van der Waals surface area (Å²) in [5.41, 5.74) is 1.61. The lowest BCUT2D eigenvalue weighted by atomic mass is 10.1. The van der Waals surface area contributed by atoms with E-state index in [4.69, 9.17) is 0 Å². The summed E-state index contributed by atoms with van der Waals surface area (Å²) in [5, 5.41) is 5.01. The van der Waals surface area contributed by atoms with Crippen molar-refractivity contribution in [3.63, 3.8) is 0 Å². The van der Waals surface area contributed by atoms with Gasteiger partial charge in [-0.1, -0.05) is 12.1 Å². The summed E-state index contributed by atoms with van der Waals surface area (Å²) in [6.07, 6.45) is 0. The minimum absolute atomic E-state index is 0.184. The first kappa shape index (κ1) is 14.7. The molecule has 0 radical (unpaired) electrons. The lowest BCUT2D eigenvalue weighted by Crippen LogP contribution is -2.15. The number of aromatic amines is 1. The highest BCUT2D eigenvalue weighted by molar-refractivity contribution is 6.05. The molecule has 0 unspecified atom stereocenters. The summed E-state index contributed by atoms with van der Waals surface area (Å²) < 4.78 is 13.9. The first-order valence-electron chi connectivity index (χ1n) is 6.86. The van der Waals surface area contributed by atoms with E-state index < -0.39 is 11.7 Å². The minimum Gasteiger partial charge on any atom is -0.326 e. The van der Waals surface area contributed by atoms with Crippen molar-refractivity contribution in [3.05, 3.63) is 53.8 Å². The number of hydrogen-bond acceptors (Lipinski definition) is 3. The Bertz CT molecular complexity index is 871. The second-order valence-corrected chi connectivity index (χ2v) is 4.93. The van der Waals surface area contributed by atoms with Gasteiger partial charge in [0.2, 0.25) is 11.9 Å². The van der Waals surface area contributed by atoms with Crippen molar-refractivity contribution in [1.82, 2.24) is 9.97 Å². The van der Waals surface area contributed by atoms with Gasteiger partial charge in [-0.25, -0.2) is 9.37 Å². The number of imidazole rings is 1. The molecule has 0 aliphatic heterocycles. The molecular weight excluding hydrogens is 299 g/mol. The fourth-order valence-electron chi connectivity index (χ4n) is 2.17. The van der Waals surface area contributed by atoms with Gasteiger partial charge >= 0.3 is 0 Å². The Kier molecular flexibility index (Phi) is 3.76. The largest absolute Gasteiger partial charge is 0.326 e. The number of nitrogens with one attached hydrogen (secondary N) is 3. The van der Waals surface area contributed by atoms with Crippen LogP contribution in [0.4, 0.5) is 16.0 Å². The molecule has 1 heterocycles. The highest BCUT2D eigenvalue weighted by Crippen LogP contribution is 2.18. The van der Waals surface area contributed by atoms with Crippen LogP contribution < -0.4 is 10.6 Å². The molecule has 0 spiro atoms. The molecule has 0 fully saturated rings. The number of nitrogens with zero attached hydrogens (tertiary/aromatic N) is 1. The lowest BCUT2D eigenvalue weighted by molar-refractivity contribution is -0.114. The summed E-state index contributed by atoms with van der Waals surface area (Å²) in [5.74, 6) is -1.43. The third-order valence-electron chi connectivity index (χ3n) is 3.15.